The molecular weight excluding hydrogens is 542 g/mol. The predicted molar refractivity (Wildman–Crippen MR) is 176 cm³/mol. The molecule has 44 heavy (non-hydrogen) atoms. The van der Waals surface area contributed by atoms with E-state index >= 15 is 0 Å². The fourth-order valence-corrected chi connectivity index (χ4v) is 6.21. The standard InChI is InChI=1S/C39H23N3O2/c1-3-12-24(13-4-1)37-40-38(25-14-5-2-6-15-25)42-39(41-37)29-19-11-23-33-36(29)35-27(18-10-22-32(35)44-33)26-17-9-21-31-34(26)28-16-7-8-20-30(28)43-31/h1-23H. The molecule has 3 aromatic heterocycles. The van der Waals surface area contributed by atoms with Gasteiger partial charge in [0.15, 0.2) is 17.5 Å². The average molecular weight is 566 g/mol. The van der Waals surface area contributed by atoms with Crippen molar-refractivity contribution in [3.05, 3.63) is 140 Å². The Morgan fingerprint density at radius 1 is 0.318 bits per heavy atom. The van der Waals surface area contributed by atoms with Crippen LogP contribution in [0.5, 0.6) is 0 Å². The maximum Gasteiger partial charge on any atom is 0.164 e. The van der Waals surface area contributed by atoms with Crippen LogP contribution in [0.15, 0.2) is 148 Å². The summed E-state index contributed by atoms with van der Waals surface area (Å²) in [7, 11) is 0. The molecule has 0 amide bonds. The van der Waals surface area contributed by atoms with Gasteiger partial charge < -0.3 is 8.83 Å². The highest BCUT2D eigenvalue weighted by Gasteiger charge is 2.21. The fourth-order valence-electron chi connectivity index (χ4n) is 6.21. The van der Waals surface area contributed by atoms with Gasteiger partial charge in [-0.15, -0.1) is 0 Å². The summed E-state index contributed by atoms with van der Waals surface area (Å²) in [6.07, 6.45) is 0. The van der Waals surface area contributed by atoms with Crippen molar-refractivity contribution in [2.24, 2.45) is 0 Å². The number of para-hydroxylation sites is 1. The lowest BCUT2D eigenvalue weighted by atomic mass is 9.94. The second-order valence-electron chi connectivity index (χ2n) is 10.8. The number of nitrogens with zero attached hydrogens (tertiary/aromatic N) is 3. The molecule has 0 saturated carbocycles. The Kier molecular flexibility index (Phi) is 5.43. The summed E-state index contributed by atoms with van der Waals surface area (Å²) in [5.41, 5.74) is 8.18. The number of aromatic nitrogens is 3. The second kappa shape index (κ2) is 9.75. The number of benzene rings is 6. The molecule has 5 nitrogen and oxygen atoms in total. The van der Waals surface area contributed by atoms with Crippen molar-refractivity contribution >= 4 is 43.9 Å². The highest BCUT2D eigenvalue weighted by Crippen LogP contribution is 2.44. The number of furan rings is 2. The first-order valence-corrected chi connectivity index (χ1v) is 14.5. The molecule has 0 N–H and O–H groups in total. The largest absolute Gasteiger partial charge is 0.456 e. The Hall–Kier alpha value is -6.07. The molecule has 0 radical (unpaired) electrons. The summed E-state index contributed by atoms with van der Waals surface area (Å²) >= 11 is 0. The third kappa shape index (κ3) is 3.83. The lowest BCUT2D eigenvalue weighted by Crippen LogP contribution is -2.00. The van der Waals surface area contributed by atoms with Gasteiger partial charge >= 0.3 is 0 Å². The molecule has 0 fully saturated rings. The quantitative estimate of drug-likeness (QED) is 0.212. The van der Waals surface area contributed by atoms with Gasteiger partial charge in [-0.25, -0.2) is 15.0 Å². The summed E-state index contributed by atoms with van der Waals surface area (Å²) in [6.45, 7) is 0. The summed E-state index contributed by atoms with van der Waals surface area (Å²) in [5, 5.41) is 4.15. The van der Waals surface area contributed by atoms with Gasteiger partial charge in [-0.1, -0.05) is 115 Å². The van der Waals surface area contributed by atoms with E-state index < -0.39 is 0 Å². The van der Waals surface area contributed by atoms with E-state index in [1.807, 2.05) is 109 Å². The molecule has 206 valence electrons. The molecule has 0 atom stereocenters. The van der Waals surface area contributed by atoms with Crippen LogP contribution in [-0.2, 0) is 0 Å². The van der Waals surface area contributed by atoms with E-state index in [1.165, 1.54) is 0 Å². The minimum atomic E-state index is 0.591. The Morgan fingerprint density at radius 2 is 0.750 bits per heavy atom. The van der Waals surface area contributed by atoms with Gasteiger partial charge in [0.1, 0.15) is 22.3 Å². The van der Waals surface area contributed by atoms with Crippen LogP contribution in [0.2, 0.25) is 0 Å². The van der Waals surface area contributed by atoms with Crippen LogP contribution < -0.4 is 0 Å². The van der Waals surface area contributed by atoms with Crippen molar-refractivity contribution in [1.29, 1.82) is 0 Å². The first kappa shape index (κ1) is 24.5. The number of hydrogen-bond donors (Lipinski definition) is 0. The minimum Gasteiger partial charge on any atom is -0.456 e. The number of fused-ring (bicyclic) bond motifs is 6. The van der Waals surface area contributed by atoms with Crippen molar-refractivity contribution in [2.45, 2.75) is 0 Å². The molecule has 9 aromatic rings. The number of hydrogen-bond acceptors (Lipinski definition) is 5. The van der Waals surface area contributed by atoms with Gasteiger partial charge in [-0.3, -0.25) is 0 Å². The zero-order chi connectivity index (χ0) is 29.0. The maximum absolute atomic E-state index is 6.49. The van der Waals surface area contributed by atoms with Crippen molar-refractivity contribution in [3.8, 4) is 45.3 Å². The highest BCUT2D eigenvalue weighted by molar-refractivity contribution is 6.21. The topological polar surface area (TPSA) is 65.0 Å². The molecule has 3 heterocycles. The van der Waals surface area contributed by atoms with Gasteiger partial charge in [0.25, 0.3) is 0 Å². The molecule has 6 aromatic carbocycles. The molecule has 5 heteroatoms. The molecule has 9 rings (SSSR count). The Balaban J connectivity index is 1.36. The molecular formula is C39H23N3O2. The van der Waals surface area contributed by atoms with Gasteiger partial charge in [-0.2, -0.15) is 0 Å². The molecule has 0 saturated heterocycles. The second-order valence-corrected chi connectivity index (χ2v) is 10.8. The van der Waals surface area contributed by atoms with Crippen LogP contribution in [0, 0.1) is 0 Å². The summed E-state index contributed by atoms with van der Waals surface area (Å²) < 4.78 is 12.7. The lowest BCUT2D eigenvalue weighted by molar-refractivity contribution is 0.668. The Morgan fingerprint density at radius 3 is 1.39 bits per heavy atom. The normalized spacial score (nSPS) is 11.6. The van der Waals surface area contributed by atoms with E-state index in [0.29, 0.717) is 17.5 Å². The first-order chi connectivity index (χ1) is 21.8. The highest BCUT2D eigenvalue weighted by atomic mass is 16.3. The van der Waals surface area contributed by atoms with Crippen molar-refractivity contribution in [1.82, 2.24) is 15.0 Å². The van der Waals surface area contributed by atoms with E-state index in [-0.39, 0.29) is 0 Å². The van der Waals surface area contributed by atoms with E-state index in [9.17, 15) is 0 Å². The van der Waals surface area contributed by atoms with Crippen molar-refractivity contribution in [3.63, 3.8) is 0 Å². The third-order valence-electron chi connectivity index (χ3n) is 8.16. The minimum absolute atomic E-state index is 0.591. The van der Waals surface area contributed by atoms with Gasteiger partial charge in [0.2, 0.25) is 0 Å². The molecule has 0 aliphatic rings. The lowest BCUT2D eigenvalue weighted by Gasteiger charge is -2.10. The molecule has 0 bridgehead atoms. The van der Waals surface area contributed by atoms with Crippen molar-refractivity contribution in [2.75, 3.05) is 0 Å². The van der Waals surface area contributed by atoms with Crippen LogP contribution in [0.4, 0.5) is 0 Å². The zero-order valence-electron chi connectivity index (χ0n) is 23.4. The van der Waals surface area contributed by atoms with Crippen LogP contribution in [0.1, 0.15) is 0 Å². The average Bonchev–Trinajstić information content (AvgIpc) is 3.67. The monoisotopic (exact) mass is 565 g/mol. The van der Waals surface area contributed by atoms with Gasteiger partial charge in [-0.05, 0) is 35.4 Å². The summed E-state index contributed by atoms with van der Waals surface area (Å²) in [5.74, 6) is 1.83. The van der Waals surface area contributed by atoms with E-state index in [2.05, 4.69) is 30.3 Å². The molecule has 0 unspecified atom stereocenters. The molecule has 0 aliphatic carbocycles. The van der Waals surface area contributed by atoms with E-state index in [1.54, 1.807) is 0 Å². The third-order valence-corrected chi connectivity index (χ3v) is 8.16. The van der Waals surface area contributed by atoms with Crippen LogP contribution in [0.25, 0.3) is 89.2 Å². The predicted octanol–water partition coefficient (Wildman–Crippen LogP) is 10.3. The maximum atomic E-state index is 6.49. The van der Waals surface area contributed by atoms with E-state index in [0.717, 1.165) is 71.7 Å². The van der Waals surface area contributed by atoms with Crippen LogP contribution in [0.3, 0.4) is 0 Å². The summed E-state index contributed by atoms with van der Waals surface area (Å²) in [4.78, 5) is 15.0. The Bertz CT molecular complexity index is 2440. The van der Waals surface area contributed by atoms with Crippen LogP contribution in [-0.4, -0.2) is 15.0 Å². The first-order valence-electron chi connectivity index (χ1n) is 14.5. The fraction of sp³-hybridized carbons (Fsp3) is 0. The van der Waals surface area contributed by atoms with E-state index in [4.69, 9.17) is 23.8 Å². The molecule has 0 aliphatic heterocycles. The van der Waals surface area contributed by atoms with Gasteiger partial charge in [0.05, 0.1) is 0 Å². The smallest absolute Gasteiger partial charge is 0.164 e. The van der Waals surface area contributed by atoms with Gasteiger partial charge in [0, 0.05) is 38.2 Å². The summed E-state index contributed by atoms with van der Waals surface area (Å²) in [6, 6.07) is 46.8. The van der Waals surface area contributed by atoms with Crippen molar-refractivity contribution < 1.29 is 8.83 Å². The zero-order valence-corrected chi connectivity index (χ0v) is 23.4. The Labute approximate surface area is 252 Å². The molecule has 0 spiro atoms. The number of rotatable bonds is 4. The SMILES string of the molecule is c1ccc(-c2nc(-c3ccccc3)nc(-c3cccc4oc5cccc(-c6cccc7oc8ccccc8c67)c5c34)n2)cc1. The van der Waals surface area contributed by atoms with Crippen LogP contribution >= 0.6 is 0 Å².